The number of benzene rings is 2. The van der Waals surface area contributed by atoms with Gasteiger partial charge in [0.25, 0.3) is 0 Å². The summed E-state index contributed by atoms with van der Waals surface area (Å²) in [4.78, 5) is 36.6. The fourth-order valence-corrected chi connectivity index (χ4v) is 5.07. The molecule has 3 N–H and O–H groups in total. The van der Waals surface area contributed by atoms with Crippen LogP contribution >= 0.6 is 22.9 Å². The number of amides is 1. The fraction of sp³-hybridized carbons (Fsp3) is 0.208. The van der Waals surface area contributed by atoms with Gasteiger partial charge >= 0.3 is 11.9 Å². The fourth-order valence-electron chi connectivity index (χ4n) is 3.85. The van der Waals surface area contributed by atoms with Gasteiger partial charge in [-0.05, 0) is 54.2 Å². The van der Waals surface area contributed by atoms with Gasteiger partial charge in [-0.1, -0.05) is 48.0 Å². The number of rotatable bonds is 7. The van der Waals surface area contributed by atoms with Crippen LogP contribution in [0.15, 0.2) is 48.5 Å². The lowest BCUT2D eigenvalue weighted by Gasteiger charge is -2.15. The SMILES string of the molecule is CCOC(=O)C1(c2ccc(-c3ccc(-c4sc(Cl)cc4C(N)=O)cc3C(=O)O)cc2)CC1. The van der Waals surface area contributed by atoms with E-state index in [1.807, 2.05) is 24.3 Å². The van der Waals surface area contributed by atoms with Gasteiger partial charge in [-0.2, -0.15) is 0 Å². The minimum absolute atomic E-state index is 0.0849. The Morgan fingerprint density at radius 1 is 1.06 bits per heavy atom. The van der Waals surface area contributed by atoms with E-state index in [1.165, 1.54) is 12.1 Å². The van der Waals surface area contributed by atoms with Gasteiger partial charge in [-0.25, -0.2) is 4.79 Å². The van der Waals surface area contributed by atoms with Crippen LogP contribution in [0.3, 0.4) is 0 Å². The molecule has 1 amide bonds. The summed E-state index contributed by atoms with van der Waals surface area (Å²) in [6.45, 7) is 2.12. The number of nitrogens with two attached hydrogens (primary N) is 1. The van der Waals surface area contributed by atoms with Crippen LogP contribution in [0, 0.1) is 0 Å². The third-order valence-corrected chi connectivity index (χ3v) is 6.96. The van der Waals surface area contributed by atoms with Crippen molar-refractivity contribution in [3.05, 3.63) is 69.6 Å². The van der Waals surface area contributed by atoms with Crippen LogP contribution in [0.2, 0.25) is 4.34 Å². The first-order valence-electron chi connectivity index (χ1n) is 10.0. The van der Waals surface area contributed by atoms with Crippen LogP contribution in [0.5, 0.6) is 0 Å². The summed E-state index contributed by atoms with van der Waals surface area (Å²) in [5.41, 5.74) is 7.84. The molecule has 0 unspecified atom stereocenters. The molecule has 0 atom stereocenters. The Bertz CT molecular complexity index is 1230. The summed E-state index contributed by atoms with van der Waals surface area (Å²) in [6.07, 6.45) is 1.48. The lowest BCUT2D eigenvalue weighted by Crippen LogP contribution is -2.23. The lowest BCUT2D eigenvalue weighted by molar-refractivity contribution is -0.146. The molecule has 0 saturated heterocycles. The van der Waals surface area contributed by atoms with Crippen molar-refractivity contribution in [2.45, 2.75) is 25.2 Å². The Morgan fingerprint density at radius 2 is 1.72 bits per heavy atom. The van der Waals surface area contributed by atoms with Gasteiger partial charge in [0.15, 0.2) is 0 Å². The third-order valence-electron chi connectivity index (χ3n) is 5.64. The third kappa shape index (κ3) is 3.89. The topological polar surface area (TPSA) is 107 Å². The van der Waals surface area contributed by atoms with E-state index in [-0.39, 0.29) is 17.1 Å². The van der Waals surface area contributed by atoms with Crippen molar-refractivity contribution >= 4 is 40.8 Å². The summed E-state index contributed by atoms with van der Waals surface area (Å²) in [5, 5.41) is 9.83. The first kappa shape index (κ1) is 22.0. The van der Waals surface area contributed by atoms with E-state index in [4.69, 9.17) is 22.1 Å². The molecule has 1 aliphatic rings. The van der Waals surface area contributed by atoms with Crippen LogP contribution in [0.4, 0.5) is 0 Å². The van der Waals surface area contributed by atoms with Gasteiger partial charge in [-0.15, -0.1) is 11.3 Å². The van der Waals surface area contributed by atoms with E-state index in [1.54, 1.807) is 19.1 Å². The number of aromatic carboxylic acids is 1. The van der Waals surface area contributed by atoms with Crippen molar-refractivity contribution in [1.82, 2.24) is 0 Å². The van der Waals surface area contributed by atoms with Gasteiger partial charge in [0.2, 0.25) is 5.91 Å². The van der Waals surface area contributed by atoms with Crippen LogP contribution in [0.25, 0.3) is 21.6 Å². The maximum Gasteiger partial charge on any atom is 0.336 e. The number of ether oxygens (including phenoxy) is 1. The smallest absolute Gasteiger partial charge is 0.336 e. The molecule has 0 aliphatic heterocycles. The summed E-state index contributed by atoms with van der Waals surface area (Å²) < 4.78 is 5.60. The standard InChI is InChI=1S/C24H20ClNO5S/c1-2-31-23(30)24(9-10-24)15-6-3-13(4-7-15)16-8-5-14(11-17(16)22(28)29)20-18(21(26)27)12-19(25)32-20/h3-8,11-12H,2,9-10H2,1H3,(H2,26,27)(H,28,29). The lowest BCUT2D eigenvalue weighted by atomic mass is 9.91. The highest BCUT2D eigenvalue weighted by Crippen LogP contribution is 2.49. The van der Waals surface area contributed by atoms with Crippen molar-refractivity contribution < 1.29 is 24.2 Å². The first-order valence-corrected chi connectivity index (χ1v) is 11.2. The maximum absolute atomic E-state index is 12.3. The number of carboxylic acids is 1. The average Bonchev–Trinajstić information content (AvgIpc) is 3.49. The molecule has 0 spiro atoms. The number of halogens is 1. The van der Waals surface area contributed by atoms with Crippen molar-refractivity contribution in [2.24, 2.45) is 5.73 Å². The van der Waals surface area contributed by atoms with E-state index in [0.717, 1.165) is 29.7 Å². The summed E-state index contributed by atoms with van der Waals surface area (Å²) in [5.74, 6) is -1.95. The Kier molecular flexibility index (Phi) is 5.79. The molecule has 2 aromatic carbocycles. The molecule has 164 valence electrons. The highest BCUT2D eigenvalue weighted by Gasteiger charge is 2.52. The molecular weight excluding hydrogens is 450 g/mol. The number of carboxylic acid groups (broad SMARTS) is 1. The predicted octanol–water partition coefficient (Wildman–Crippen LogP) is 5.13. The van der Waals surface area contributed by atoms with Crippen LogP contribution in [-0.4, -0.2) is 29.6 Å². The Morgan fingerprint density at radius 3 is 2.28 bits per heavy atom. The first-order chi connectivity index (χ1) is 15.3. The van der Waals surface area contributed by atoms with E-state index in [9.17, 15) is 19.5 Å². The maximum atomic E-state index is 12.3. The molecule has 6 nitrogen and oxygen atoms in total. The second-order valence-electron chi connectivity index (χ2n) is 7.60. The summed E-state index contributed by atoms with van der Waals surface area (Å²) in [6, 6.07) is 13.8. The second-order valence-corrected chi connectivity index (χ2v) is 9.29. The minimum Gasteiger partial charge on any atom is -0.478 e. The van der Waals surface area contributed by atoms with Gasteiger partial charge in [0, 0.05) is 4.88 Å². The molecule has 3 aromatic rings. The monoisotopic (exact) mass is 469 g/mol. The zero-order valence-electron chi connectivity index (χ0n) is 17.2. The summed E-state index contributed by atoms with van der Waals surface area (Å²) in [7, 11) is 0. The second kappa shape index (κ2) is 8.41. The number of carbonyl (C=O) groups is 3. The normalized spacial score (nSPS) is 14.1. The molecular formula is C24H20ClNO5S. The Labute approximate surface area is 193 Å². The number of carbonyl (C=O) groups excluding carboxylic acids is 2. The highest BCUT2D eigenvalue weighted by molar-refractivity contribution is 7.19. The number of esters is 1. The number of thiophene rings is 1. The zero-order valence-corrected chi connectivity index (χ0v) is 18.8. The summed E-state index contributed by atoms with van der Waals surface area (Å²) >= 11 is 7.21. The van der Waals surface area contributed by atoms with Crippen LogP contribution < -0.4 is 5.73 Å². The van der Waals surface area contributed by atoms with E-state index >= 15 is 0 Å². The molecule has 4 rings (SSSR count). The van der Waals surface area contributed by atoms with Crippen molar-refractivity contribution in [1.29, 1.82) is 0 Å². The van der Waals surface area contributed by atoms with E-state index in [0.29, 0.717) is 32.5 Å². The Balaban J connectivity index is 1.71. The molecule has 1 fully saturated rings. The molecule has 32 heavy (non-hydrogen) atoms. The zero-order chi connectivity index (χ0) is 23.0. The quantitative estimate of drug-likeness (QED) is 0.466. The number of primary amides is 1. The van der Waals surface area contributed by atoms with Gasteiger partial charge in [0.05, 0.1) is 27.5 Å². The predicted molar refractivity (Wildman–Crippen MR) is 123 cm³/mol. The van der Waals surface area contributed by atoms with E-state index in [2.05, 4.69) is 0 Å². The molecule has 1 heterocycles. The average molecular weight is 470 g/mol. The van der Waals surface area contributed by atoms with Gasteiger partial charge in [-0.3, -0.25) is 9.59 Å². The van der Waals surface area contributed by atoms with Crippen molar-refractivity contribution in [3.8, 4) is 21.6 Å². The van der Waals surface area contributed by atoms with Gasteiger partial charge in [0.1, 0.15) is 0 Å². The molecule has 1 aromatic heterocycles. The number of hydrogen-bond donors (Lipinski definition) is 2. The molecule has 0 bridgehead atoms. The van der Waals surface area contributed by atoms with Crippen LogP contribution in [0.1, 0.15) is 46.0 Å². The minimum atomic E-state index is -1.10. The number of hydrogen-bond acceptors (Lipinski definition) is 5. The van der Waals surface area contributed by atoms with E-state index < -0.39 is 17.3 Å². The largest absolute Gasteiger partial charge is 0.478 e. The van der Waals surface area contributed by atoms with Crippen LogP contribution in [-0.2, 0) is 14.9 Å². The Hall–Kier alpha value is -3.16. The molecule has 8 heteroatoms. The highest BCUT2D eigenvalue weighted by atomic mass is 35.5. The van der Waals surface area contributed by atoms with Gasteiger partial charge < -0.3 is 15.6 Å². The van der Waals surface area contributed by atoms with Crippen molar-refractivity contribution in [3.63, 3.8) is 0 Å². The molecule has 1 saturated carbocycles. The molecule has 1 aliphatic carbocycles. The van der Waals surface area contributed by atoms with Crippen molar-refractivity contribution in [2.75, 3.05) is 6.61 Å². The molecule has 0 radical (unpaired) electrons.